The van der Waals surface area contributed by atoms with Crippen LogP contribution in [0.15, 0.2) is 36.4 Å². The van der Waals surface area contributed by atoms with Gasteiger partial charge in [-0.1, -0.05) is 46.9 Å². The molecule has 180 valence electrons. The highest BCUT2D eigenvalue weighted by molar-refractivity contribution is 7.92. The first-order valence-electron chi connectivity index (χ1n) is 10.1. The number of halogens is 3. The molecule has 2 aromatic carbocycles. The summed E-state index contributed by atoms with van der Waals surface area (Å²) >= 11 is 18.4. The van der Waals surface area contributed by atoms with Gasteiger partial charge in [-0.25, -0.2) is 8.42 Å². The average molecular weight is 535 g/mol. The maximum atomic E-state index is 13.4. The molecule has 0 aromatic heterocycles. The Hall–Kier alpha value is -2.00. The molecule has 0 aliphatic rings. The van der Waals surface area contributed by atoms with Crippen molar-refractivity contribution in [1.82, 2.24) is 10.2 Å². The predicted molar refractivity (Wildman–Crippen MR) is 134 cm³/mol. The van der Waals surface area contributed by atoms with E-state index in [-0.39, 0.29) is 18.1 Å². The minimum Gasteiger partial charge on any atom is -0.355 e. The molecule has 0 radical (unpaired) electrons. The lowest BCUT2D eigenvalue weighted by Crippen LogP contribution is -2.51. The molecule has 0 aliphatic carbocycles. The maximum absolute atomic E-state index is 13.4. The molecule has 0 bridgehead atoms. The molecule has 1 atom stereocenters. The van der Waals surface area contributed by atoms with Crippen molar-refractivity contribution in [3.63, 3.8) is 0 Å². The number of hydrogen-bond donors (Lipinski definition) is 1. The van der Waals surface area contributed by atoms with Gasteiger partial charge < -0.3 is 10.2 Å². The third-order valence-corrected chi connectivity index (χ3v) is 7.13. The minimum absolute atomic E-state index is 0.0145. The molecule has 0 heterocycles. The van der Waals surface area contributed by atoms with Gasteiger partial charge in [0.05, 0.1) is 11.9 Å². The first-order valence-corrected chi connectivity index (χ1v) is 13.1. The smallest absolute Gasteiger partial charge is 0.244 e. The number of carbonyl (C=O) groups excluding carboxylic acids is 2. The summed E-state index contributed by atoms with van der Waals surface area (Å²) in [6, 6.07) is 8.66. The fraction of sp³-hybridized carbons (Fsp3) is 0.364. The number of hydrogen-bond acceptors (Lipinski definition) is 4. The van der Waals surface area contributed by atoms with Gasteiger partial charge in [-0.3, -0.25) is 13.9 Å². The van der Waals surface area contributed by atoms with Gasteiger partial charge in [0.25, 0.3) is 0 Å². The summed E-state index contributed by atoms with van der Waals surface area (Å²) in [5.74, 6) is -0.956. The van der Waals surface area contributed by atoms with Crippen LogP contribution in [0.4, 0.5) is 5.69 Å². The highest BCUT2D eigenvalue weighted by Crippen LogP contribution is 2.26. The first kappa shape index (κ1) is 27.2. The zero-order valence-electron chi connectivity index (χ0n) is 18.7. The van der Waals surface area contributed by atoms with E-state index in [0.717, 1.165) is 16.1 Å². The number of likely N-dealkylation sites (N-methyl/N-ethyl adjacent to an activating group) is 1. The second-order valence-electron chi connectivity index (χ2n) is 7.53. The van der Waals surface area contributed by atoms with Crippen LogP contribution in [0.2, 0.25) is 15.1 Å². The molecule has 0 spiro atoms. The third kappa shape index (κ3) is 7.24. The molecule has 2 rings (SSSR count). The van der Waals surface area contributed by atoms with Crippen molar-refractivity contribution in [3.05, 3.63) is 62.6 Å². The summed E-state index contributed by atoms with van der Waals surface area (Å²) in [6.07, 6.45) is 1.00. The Balaban J connectivity index is 2.43. The van der Waals surface area contributed by atoms with Crippen molar-refractivity contribution < 1.29 is 18.0 Å². The van der Waals surface area contributed by atoms with Gasteiger partial charge in [0, 0.05) is 28.2 Å². The lowest BCUT2D eigenvalue weighted by molar-refractivity contribution is -0.139. The van der Waals surface area contributed by atoms with Crippen LogP contribution in [0.5, 0.6) is 0 Å². The number of amides is 2. The molecule has 0 fully saturated rings. The number of anilines is 1. The van der Waals surface area contributed by atoms with Crippen molar-refractivity contribution in [3.8, 4) is 0 Å². The normalized spacial score (nSPS) is 12.2. The van der Waals surface area contributed by atoms with Crippen LogP contribution < -0.4 is 9.62 Å². The van der Waals surface area contributed by atoms with Crippen LogP contribution in [0.25, 0.3) is 0 Å². The number of nitrogens with zero attached hydrogens (tertiary/aromatic N) is 2. The highest BCUT2D eigenvalue weighted by Gasteiger charge is 2.30. The van der Waals surface area contributed by atoms with Gasteiger partial charge in [-0.2, -0.15) is 0 Å². The summed E-state index contributed by atoms with van der Waals surface area (Å²) < 4.78 is 26.0. The van der Waals surface area contributed by atoms with E-state index in [0.29, 0.717) is 27.2 Å². The van der Waals surface area contributed by atoms with Crippen LogP contribution in [0, 0.1) is 6.92 Å². The number of carbonyl (C=O) groups is 2. The number of rotatable bonds is 9. The van der Waals surface area contributed by atoms with Gasteiger partial charge in [-0.15, -0.1) is 0 Å². The van der Waals surface area contributed by atoms with Gasteiger partial charge in [0.1, 0.15) is 12.6 Å². The maximum Gasteiger partial charge on any atom is 0.244 e. The lowest BCUT2D eigenvalue weighted by atomic mass is 10.1. The monoisotopic (exact) mass is 533 g/mol. The fourth-order valence-corrected chi connectivity index (χ4v) is 4.57. The molecule has 33 heavy (non-hydrogen) atoms. The molecule has 2 amide bonds. The molecular weight excluding hydrogens is 509 g/mol. The lowest BCUT2D eigenvalue weighted by Gasteiger charge is -2.31. The van der Waals surface area contributed by atoms with Crippen LogP contribution >= 0.6 is 34.8 Å². The van der Waals surface area contributed by atoms with E-state index in [4.69, 9.17) is 34.8 Å². The average Bonchev–Trinajstić information content (AvgIpc) is 2.72. The molecular formula is C22H26Cl3N3O4S. The zero-order chi connectivity index (χ0) is 24.9. The second kappa shape index (κ2) is 11.4. The Morgan fingerprint density at radius 1 is 1.06 bits per heavy atom. The Kier molecular flexibility index (Phi) is 9.43. The SMILES string of the molecule is CCNC(=O)C(C)N(Cc1ccc(Cl)cc1Cl)C(=O)CN(c1ccc(C)c(Cl)c1)S(C)(=O)=O. The standard InChI is InChI=1S/C22H26Cl3N3O4S/c1-5-26-22(30)15(3)27(12-16-7-8-17(23)10-20(16)25)21(29)13-28(33(4,31)32)18-9-6-14(2)19(24)11-18/h6-11,15H,5,12-13H2,1-4H3,(H,26,30). The van der Waals surface area contributed by atoms with Crippen molar-refractivity contribution >= 4 is 62.3 Å². The summed E-state index contributed by atoms with van der Waals surface area (Å²) in [7, 11) is -3.84. The van der Waals surface area contributed by atoms with Crippen LogP contribution in [-0.4, -0.2) is 50.5 Å². The van der Waals surface area contributed by atoms with Gasteiger partial charge in [0.2, 0.25) is 21.8 Å². The molecule has 1 unspecified atom stereocenters. The Morgan fingerprint density at radius 2 is 1.73 bits per heavy atom. The molecule has 7 nitrogen and oxygen atoms in total. The second-order valence-corrected chi connectivity index (χ2v) is 10.7. The number of aryl methyl sites for hydroxylation is 1. The van der Waals surface area contributed by atoms with E-state index < -0.39 is 28.5 Å². The Labute approximate surface area is 209 Å². The van der Waals surface area contributed by atoms with E-state index in [9.17, 15) is 18.0 Å². The molecule has 2 aromatic rings. The van der Waals surface area contributed by atoms with Crippen LogP contribution in [0.1, 0.15) is 25.0 Å². The topological polar surface area (TPSA) is 86.8 Å². The van der Waals surface area contributed by atoms with E-state index in [1.165, 1.54) is 17.0 Å². The first-order chi connectivity index (χ1) is 15.3. The summed E-state index contributed by atoms with van der Waals surface area (Å²) in [4.78, 5) is 27.2. The number of nitrogens with one attached hydrogen (secondary N) is 1. The molecule has 11 heteroatoms. The molecule has 1 N–H and O–H groups in total. The largest absolute Gasteiger partial charge is 0.355 e. The van der Waals surface area contributed by atoms with Gasteiger partial charge >= 0.3 is 0 Å². The molecule has 0 saturated heterocycles. The Bertz CT molecular complexity index is 1140. The van der Waals surface area contributed by atoms with E-state index in [2.05, 4.69) is 5.32 Å². The predicted octanol–water partition coefficient (Wildman–Crippen LogP) is 4.27. The van der Waals surface area contributed by atoms with E-state index in [1.54, 1.807) is 45.0 Å². The molecule has 0 saturated carbocycles. The third-order valence-electron chi connectivity index (χ3n) is 5.00. The Morgan fingerprint density at radius 3 is 2.27 bits per heavy atom. The van der Waals surface area contributed by atoms with Crippen molar-refractivity contribution in [2.45, 2.75) is 33.4 Å². The van der Waals surface area contributed by atoms with Crippen molar-refractivity contribution in [2.24, 2.45) is 0 Å². The van der Waals surface area contributed by atoms with Crippen LogP contribution in [-0.2, 0) is 26.2 Å². The molecule has 0 aliphatic heterocycles. The number of sulfonamides is 1. The summed E-state index contributed by atoms with van der Waals surface area (Å²) in [5.41, 5.74) is 1.58. The summed E-state index contributed by atoms with van der Waals surface area (Å²) in [5, 5.41) is 3.81. The zero-order valence-corrected chi connectivity index (χ0v) is 21.8. The van der Waals surface area contributed by atoms with Gasteiger partial charge in [-0.05, 0) is 56.2 Å². The minimum atomic E-state index is -3.84. The number of benzene rings is 2. The summed E-state index contributed by atoms with van der Waals surface area (Å²) in [6.45, 7) is 4.96. The fourth-order valence-electron chi connectivity index (χ4n) is 3.09. The van der Waals surface area contributed by atoms with Crippen molar-refractivity contribution in [1.29, 1.82) is 0 Å². The van der Waals surface area contributed by atoms with Crippen molar-refractivity contribution in [2.75, 3.05) is 23.7 Å². The highest BCUT2D eigenvalue weighted by atomic mass is 35.5. The quantitative estimate of drug-likeness (QED) is 0.520. The van der Waals surface area contributed by atoms with Crippen LogP contribution in [0.3, 0.4) is 0 Å². The van der Waals surface area contributed by atoms with E-state index >= 15 is 0 Å². The van der Waals surface area contributed by atoms with Gasteiger partial charge in [0.15, 0.2) is 0 Å². The van der Waals surface area contributed by atoms with E-state index in [1.807, 2.05) is 0 Å².